The highest BCUT2D eigenvalue weighted by Crippen LogP contribution is 2.23. The lowest BCUT2D eigenvalue weighted by Gasteiger charge is -2.09. The van der Waals surface area contributed by atoms with Gasteiger partial charge in [0.25, 0.3) is 0 Å². The van der Waals surface area contributed by atoms with Crippen LogP contribution in [0.2, 0.25) is 0 Å². The summed E-state index contributed by atoms with van der Waals surface area (Å²) < 4.78 is 41.6. The van der Waals surface area contributed by atoms with Gasteiger partial charge in [-0.1, -0.05) is 0 Å². The lowest BCUT2D eigenvalue weighted by Crippen LogP contribution is -2.17. The molecule has 0 amide bonds. The van der Waals surface area contributed by atoms with Crippen LogP contribution in [0.15, 0.2) is 30.5 Å². The summed E-state index contributed by atoms with van der Waals surface area (Å²) in [4.78, 5) is 0. The number of rotatable bonds is 4. The Hall–Kier alpha value is -2.02. The van der Waals surface area contributed by atoms with Gasteiger partial charge in [0.2, 0.25) is 0 Å². The third-order valence-corrected chi connectivity index (χ3v) is 2.70. The molecule has 108 valence electrons. The van der Waals surface area contributed by atoms with Crippen molar-refractivity contribution in [2.75, 3.05) is 7.05 Å². The normalized spacial score (nSPS) is 11.7. The molecule has 0 atom stereocenters. The molecule has 2 aromatic rings. The van der Waals surface area contributed by atoms with Crippen LogP contribution in [0.25, 0.3) is 5.69 Å². The molecule has 7 heteroatoms. The van der Waals surface area contributed by atoms with Crippen molar-refractivity contribution < 1.29 is 17.9 Å². The van der Waals surface area contributed by atoms with Crippen LogP contribution in [0.4, 0.5) is 13.2 Å². The smallest absolute Gasteiger partial charge is 0.406 e. The second kappa shape index (κ2) is 5.54. The fourth-order valence-electron chi connectivity index (χ4n) is 1.79. The number of hydrogen-bond donors (Lipinski definition) is 1. The average Bonchev–Trinajstić information content (AvgIpc) is 2.70. The highest BCUT2D eigenvalue weighted by molar-refractivity contribution is 5.38. The van der Waals surface area contributed by atoms with Crippen molar-refractivity contribution in [3.05, 3.63) is 41.7 Å². The van der Waals surface area contributed by atoms with Gasteiger partial charge < -0.3 is 10.1 Å². The van der Waals surface area contributed by atoms with Gasteiger partial charge in [0, 0.05) is 18.3 Å². The summed E-state index contributed by atoms with van der Waals surface area (Å²) in [6.45, 7) is 2.56. The molecule has 0 aliphatic carbocycles. The lowest BCUT2D eigenvalue weighted by atomic mass is 10.2. The summed E-state index contributed by atoms with van der Waals surface area (Å²) in [5, 5.41) is 7.34. The second-order valence-electron chi connectivity index (χ2n) is 4.26. The zero-order valence-electron chi connectivity index (χ0n) is 11.0. The van der Waals surface area contributed by atoms with E-state index in [-0.39, 0.29) is 5.75 Å². The highest BCUT2D eigenvalue weighted by Gasteiger charge is 2.30. The standard InChI is InChI=1S/C13H14F3N3O/c1-9-10(7-17-2)8-19(18-9)11-3-5-12(6-4-11)20-13(14,15)16/h3-6,8,17H,7H2,1-2H3. The topological polar surface area (TPSA) is 39.1 Å². The second-order valence-corrected chi connectivity index (χ2v) is 4.26. The van der Waals surface area contributed by atoms with Crippen LogP contribution < -0.4 is 10.1 Å². The van der Waals surface area contributed by atoms with E-state index in [2.05, 4.69) is 15.2 Å². The van der Waals surface area contributed by atoms with Crippen LogP contribution in [0.3, 0.4) is 0 Å². The number of ether oxygens (including phenoxy) is 1. The van der Waals surface area contributed by atoms with E-state index in [1.54, 1.807) is 4.68 Å². The van der Waals surface area contributed by atoms with Gasteiger partial charge in [0.15, 0.2) is 0 Å². The highest BCUT2D eigenvalue weighted by atomic mass is 19.4. The van der Waals surface area contributed by atoms with Gasteiger partial charge in [-0.3, -0.25) is 0 Å². The molecule has 0 saturated carbocycles. The van der Waals surface area contributed by atoms with Gasteiger partial charge >= 0.3 is 6.36 Å². The number of hydrogen-bond acceptors (Lipinski definition) is 3. The number of benzene rings is 1. The molecule has 4 nitrogen and oxygen atoms in total. The summed E-state index contributed by atoms with van der Waals surface area (Å²) >= 11 is 0. The first-order valence-corrected chi connectivity index (χ1v) is 5.95. The SMILES string of the molecule is CNCc1cn(-c2ccc(OC(F)(F)F)cc2)nc1C. The van der Waals surface area contributed by atoms with E-state index in [0.29, 0.717) is 12.2 Å². The van der Waals surface area contributed by atoms with Crippen LogP contribution in [0.1, 0.15) is 11.3 Å². The van der Waals surface area contributed by atoms with E-state index >= 15 is 0 Å². The van der Waals surface area contributed by atoms with Crippen molar-refractivity contribution in [3.63, 3.8) is 0 Å². The Morgan fingerprint density at radius 3 is 2.45 bits per heavy atom. The Labute approximate surface area is 114 Å². The summed E-state index contributed by atoms with van der Waals surface area (Å²) in [6.07, 6.45) is -2.84. The van der Waals surface area contributed by atoms with Gasteiger partial charge in [0.05, 0.1) is 11.4 Å². The summed E-state index contributed by atoms with van der Waals surface area (Å²) in [7, 11) is 1.83. The number of alkyl halides is 3. The Morgan fingerprint density at radius 2 is 1.90 bits per heavy atom. The minimum Gasteiger partial charge on any atom is -0.406 e. The molecule has 0 aliphatic heterocycles. The van der Waals surface area contributed by atoms with Crippen molar-refractivity contribution in [1.82, 2.24) is 15.1 Å². The van der Waals surface area contributed by atoms with Crippen molar-refractivity contribution in [2.24, 2.45) is 0 Å². The van der Waals surface area contributed by atoms with Crippen molar-refractivity contribution >= 4 is 0 Å². The summed E-state index contributed by atoms with van der Waals surface area (Å²) in [5.41, 5.74) is 2.57. The monoisotopic (exact) mass is 285 g/mol. The van der Waals surface area contributed by atoms with Crippen molar-refractivity contribution in [1.29, 1.82) is 0 Å². The molecular formula is C13H14F3N3O. The van der Waals surface area contributed by atoms with Crippen molar-refractivity contribution in [3.8, 4) is 11.4 Å². The Balaban J connectivity index is 2.19. The Bertz CT molecular complexity index is 576. The third-order valence-electron chi connectivity index (χ3n) is 2.70. The molecule has 0 aliphatic rings. The molecule has 0 saturated heterocycles. The van der Waals surface area contributed by atoms with E-state index < -0.39 is 6.36 Å². The van der Waals surface area contributed by atoms with E-state index in [1.807, 2.05) is 20.2 Å². The molecular weight excluding hydrogens is 271 g/mol. The zero-order valence-corrected chi connectivity index (χ0v) is 11.0. The molecule has 0 spiro atoms. The molecule has 2 rings (SSSR count). The van der Waals surface area contributed by atoms with Gasteiger partial charge in [0.1, 0.15) is 5.75 Å². The summed E-state index contributed by atoms with van der Waals surface area (Å²) in [5.74, 6) is -0.249. The molecule has 0 radical (unpaired) electrons. The maximum Gasteiger partial charge on any atom is 0.573 e. The van der Waals surface area contributed by atoms with Crippen LogP contribution in [-0.2, 0) is 6.54 Å². The van der Waals surface area contributed by atoms with E-state index in [9.17, 15) is 13.2 Å². The molecule has 0 unspecified atom stereocenters. The maximum atomic E-state index is 12.1. The minimum atomic E-state index is -4.68. The first-order valence-electron chi connectivity index (χ1n) is 5.95. The molecule has 1 heterocycles. The predicted molar refractivity (Wildman–Crippen MR) is 67.7 cm³/mol. The number of aromatic nitrogens is 2. The quantitative estimate of drug-likeness (QED) is 0.939. The van der Waals surface area contributed by atoms with Crippen LogP contribution in [0.5, 0.6) is 5.75 Å². The Kier molecular flexibility index (Phi) is 3.99. The van der Waals surface area contributed by atoms with Crippen molar-refractivity contribution in [2.45, 2.75) is 19.8 Å². The first-order chi connectivity index (χ1) is 9.39. The molecule has 1 aromatic carbocycles. The van der Waals surface area contributed by atoms with E-state index in [4.69, 9.17) is 0 Å². The van der Waals surface area contributed by atoms with Gasteiger partial charge in [-0.2, -0.15) is 5.10 Å². The molecule has 1 N–H and O–H groups in total. The molecule has 0 bridgehead atoms. The van der Waals surface area contributed by atoms with Gasteiger partial charge in [-0.15, -0.1) is 13.2 Å². The van der Waals surface area contributed by atoms with Crippen LogP contribution in [-0.4, -0.2) is 23.2 Å². The largest absolute Gasteiger partial charge is 0.573 e. The number of nitrogens with one attached hydrogen (secondary N) is 1. The fraction of sp³-hybridized carbons (Fsp3) is 0.308. The lowest BCUT2D eigenvalue weighted by molar-refractivity contribution is -0.274. The van der Waals surface area contributed by atoms with Gasteiger partial charge in [-0.25, -0.2) is 4.68 Å². The number of halogens is 3. The summed E-state index contributed by atoms with van der Waals surface area (Å²) in [6, 6.07) is 5.57. The molecule has 1 aromatic heterocycles. The van der Waals surface area contributed by atoms with E-state index in [0.717, 1.165) is 11.3 Å². The average molecular weight is 285 g/mol. The molecule has 20 heavy (non-hydrogen) atoms. The Morgan fingerprint density at radius 1 is 1.25 bits per heavy atom. The zero-order chi connectivity index (χ0) is 14.8. The molecule has 0 fully saturated rings. The number of aryl methyl sites for hydroxylation is 1. The third kappa shape index (κ3) is 3.51. The fourth-order valence-corrected chi connectivity index (χ4v) is 1.79. The predicted octanol–water partition coefficient (Wildman–Crippen LogP) is 2.80. The van der Waals surface area contributed by atoms with Gasteiger partial charge in [-0.05, 0) is 38.2 Å². The van der Waals surface area contributed by atoms with Crippen LogP contribution >= 0.6 is 0 Å². The maximum absolute atomic E-state index is 12.1. The minimum absolute atomic E-state index is 0.249. The first kappa shape index (κ1) is 14.4. The number of nitrogens with zero attached hydrogens (tertiary/aromatic N) is 2. The van der Waals surface area contributed by atoms with E-state index in [1.165, 1.54) is 24.3 Å². The van der Waals surface area contributed by atoms with Crippen LogP contribution in [0, 0.1) is 6.92 Å².